The Morgan fingerprint density at radius 1 is 1.30 bits per heavy atom. The predicted molar refractivity (Wildman–Crippen MR) is 85.2 cm³/mol. The van der Waals surface area contributed by atoms with Gasteiger partial charge in [0.25, 0.3) is 0 Å². The molecule has 0 aromatic heterocycles. The van der Waals surface area contributed by atoms with Crippen LogP contribution in [0.15, 0.2) is 0 Å². The van der Waals surface area contributed by atoms with Crippen LogP contribution in [0.25, 0.3) is 0 Å². The Kier molecular flexibility index (Phi) is 6.95. The fraction of sp³-hybridized carbons (Fsp3) is 1.00. The first-order valence-corrected chi connectivity index (χ1v) is 9.79. The smallest absolute Gasteiger partial charge is 0.211 e. The molecule has 0 spiro atoms. The summed E-state index contributed by atoms with van der Waals surface area (Å²) in [4.78, 5) is 0. The van der Waals surface area contributed by atoms with Gasteiger partial charge in [0, 0.05) is 19.1 Å². The summed E-state index contributed by atoms with van der Waals surface area (Å²) in [6.07, 6.45) is 4.61. The third-order valence-electron chi connectivity index (χ3n) is 4.58. The molecule has 0 radical (unpaired) electrons. The van der Waals surface area contributed by atoms with E-state index in [4.69, 9.17) is 0 Å². The molecule has 0 aromatic rings. The minimum Gasteiger partial charge on any atom is -0.314 e. The Hall–Kier alpha value is -0.130. The Balaban J connectivity index is 2.64. The van der Waals surface area contributed by atoms with E-state index >= 15 is 0 Å². The fourth-order valence-corrected chi connectivity index (χ4v) is 4.37. The van der Waals surface area contributed by atoms with Crippen LogP contribution in [0, 0.1) is 17.8 Å². The number of hydrogen-bond donors (Lipinski definition) is 1. The molecular formula is C15H32N2O2S. The van der Waals surface area contributed by atoms with Gasteiger partial charge in [-0.2, -0.15) is 0 Å². The summed E-state index contributed by atoms with van der Waals surface area (Å²) in [6, 6.07) is 0.494. The quantitative estimate of drug-likeness (QED) is 0.785. The van der Waals surface area contributed by atoms with Crippen LogP contribution in [-0.4, -0.2) is 44.7 Å². The maximum Gasteiger partial charge on any atom is 0.211 e. The van der Waals surface area contributed by atoms with Crippen LogP contribution < -0.4 is 5.32 Å². The maximum absolute atomic E-state index is 11.7. The monoisotopic (exact) mass is 304 g/mol. The van der Waals surface area contributed by atoms with Crippen molar-refractivity contribution in [2.24, 2.45) is 17.8 Å². The lowest BCUT2D eigenvalue weighted by Crippen LogP contribution is -2.42. The zero-order valence-corrected chi connectivity index (χ0v) is 14.5. The van der Waals surface area contributed by atoms with Gasteiger partial charge in [-0.3, -0.25) is 0 Å². The van der Waals surface area contributed by atoms with Gasteiger partial charge in [0.2, 0.25) is 10.0 Å². The van der Waals surface area contributed by atoms with Gasteiger partial charge in [0.05, 0.1) is 6.26 Å². The molecule has 0 bridgehead atoms. The van der Waals surface area contributed by atoms with Crippen molar-refractivity contribution in [1.82, 2.24) is 9.62 Å². The molecule has 4 nitrogen and oxygen atoms in total. The molecule has 3 atom stereocenters. The van der Waals surface area contributed by atoms with Crippen molar-refractivity contribution >= 4 is 10.0 Å². The van der Waals surface area contributed by atoms with Gasteiger partial charge in [-0.25, -0.2) is 12.7 Å². The van der Waals surface area contributed by atoms with E-state index in [0.29, 0.717) is 36.9 Å². The van der Waals surface area contributed by atoms with Crippen LogP contribution in [0.2, 0.25) is 0 Å². The Labute approximate surface area is 125 Å². The molecule has 1 N–H and O–H groups in total. The second-order valence-corrected chi connectivity index (χ2v) is 8.60. The molecule has 1 fully saturated rings. The van der Waals surface area contributed by atoms with E-state index in [-0.39, 0.29) is 0 Å². The average Bonchev–Trinajstić information content (AvgIpc) is 2.35. The summed E-state index contributed by atoms with van der Waals surface area (Å²) in [5.74, 6) is 1.74. The number of hydrogen-bond acceptors (Lipinski definition) is 3. The lowest BCUT2D eigenvalue weighted by atomic mass is 9.79. The van der Waals surface area contributed by atoms with Crippen molar-refractivity contribution in [3.8, 4) is 0 Å². The highest BCUT2D eigenvalue weighted by molar-refractivity contribution is 7.88. The minimum atomic E-state index is -3.03. The van der Waals surface area contributed by atoms with Crippen LogP contribution >= 0.6 is 0 Å². The van der Waals surface area contributed by atoms with Gasteiger partial charge in [0.15, 0.2) is 0 Å². The lowest BCUT2D eigenvalue weighted by molar-refractivity contribution is 0.183. The van der Waals surface area contributed by atoms with E-state index in [2.05, 4.69) is 33.0 Å². The molecule has 1 rings (SSSR count). The first kappa shape index (κ1) is 17.9. The highest BCUT2D eigenvalue weighted by Crippen LogP contribution is 2.30. The molecule has 0 amide bonds. The average molecular weight is 305 g/mol. The van der Waals surface area contributed by atoms with Crippen LogP contribution in [0.3, 0.4) is 0 Å². The molecule has 0 aliphatic carbocycles. The molecule has 120 valence electrons. The summed E-state index contributed by atoms with van der Waals surface area (Å²) >= 11 is 0. The van der Waals surface area contributed by atoms with Gasteiger partial charge >= 0.3 is 0 Å². The van der Waals surface area contributed by atoms with Gasteiger partial charge in [-0.15, -0.1) is 0 Å². The van der Waals surface area contributed by atoms with Crippen molar-refractivity contribution in [3.63, 3.8) is 0 Å². The second kappa shape index (κ2) is 7.76. The second-order valence-electron chi connectivity index (χ2n) is 6.62. The normalized spacial score (nSPS) is 24.8. The molecule has 5 heteroatoms. The zero-order chi connectivity index (χ0) is 15.3. The topological polar surface area (TPSA) is 49.4 Å². The molecule has 0 aromatic carbocycles. The third kappa shape index (κ3) is 5.34. The number of nitrogens with zero attached hydrogens (tertiary/aromatic N) is 1. The summed E-state index contributed by atoms with van der Waals surface area (Å²) in [7, 11) is -3.03. The molecule has 1 saturated heterocycles. The van der Waals surface area contributed by atoms with E-state index in [1.807, 2.05) is 0 Å². The van der Waals surface area contributed by atoms with E-state index in [1.165, 1.54) is 6.26 Å². The highest BCUT2D eigenvalue weighted by Gasteiger charge is 2.30. The van der Waals surface area contributed by atoms with Crippen LogP contribution in [0.5, 0.6) is 0 Å². The van der Waals surface area contributed by atoms with Gasteiger partial charge in [-0.05, 0) is 50.5 Å². The molecular weight excluding hydrogens is 272 g/mol. The summed E-state index contributed by atoms with van der Waals surface area (Å²) in [5.41, 5.74) is 0. The summed E-state index contributed by atoms with van der Waals surface area (Å²) in [6.45, 7) is 11.3. The number of rotatable bonds is 7. The van der Waals surface area contributed by atoms with E-state index in [0.717, 1.165) is 25.8 Å². The van der Waals surface area contributed by atoms with Gasteiger partial charge < -0.3 is 5.32 Å². The standard InChI is InChI=1S/C15H32N2O2S/c1-6-16-13(4)15(12(2)3)10-14-8-7-9-17(11-14)20(5,18)19/h12-16H,6-11H2,1-5H3. The van der Waals surface area contributed by atoms with Crippen molar-refractivity contribution < 1.29 is 8.42 Å². The first-order chi connectivity index (χ1) is 9.25. The van der Waals surface area contributed by atoms with Crippen molar-refractivity contribution in [1.29, 1.82) is 0 Å². The maximum atomic E-state index is 11.7. The largest absolute Gasteiger partial charge is 0.314 e. The zero-order valence-electron chi connectivity index (χ0n) is 13.7. The van der Waals surface area contributed by atoms with Crippen LogP contribution in [-0.2, 0) is 10.0 Å². The SMILES string of the molecule is CCNC(C)C(CC1CCCN(S(C)(=O)=O)C1)C(C)C. The summed E-state index contributed by atoms with van der Waals surface area (Å²) < 4.78 is 25.1. The number of sulfonamides is 1. The van der Waals surface area contributed by atoms with Crippen LogP contribution in [0.1, 0.15) is 47.0 Å². The van der Waals surface area contributed by atoms with Crippen molar-refractivity contribution in [2.45, 2.75) is 53.0 Å². The molecule has 3 unspecified atom stereocenters. The Morgan fingerprint density at radius 3 is 2.45 bits per heavy atom. The molecule has 1 aliphatic heterocycles. The van der Waals surface area contributed by atoms with E-state index in [1.54, 1.807) is 4.31 Å². The molecule has 0 saturated carbocycles. The number of piperidine rings is 1. The molecule has 20 heavy (non-hydrogen) atoms. The third-order valence-corrected chi connectivity index (χ3v) is 5.85. The Morgan fingerprint density at radius 2 is 1.95 bits per heavy atom. The minimum absolute atomic E-state index is 0.494. The summed E-state index contributed by atoms with van der Waals surface area (Å²) in [5, 5.41) is 3.53. The predicted octanol–water partition coefficient (Wildman–Crippen LogP) is 2.32. The van der Waals surface area contributed by atoms with Crippen LogP contribution in [0.4, 0.5) is 0 Å². The fourth-order valence-electron chi connectivity index (χ4n) is 3.43. The van der Waals surface area contributed by atoms with Gasteiger partial charge in [0.1, 0.15) is 0 Å². The lowest BCUT2D eigenvalue weighted by Gasteiger charge is -2.36. The van der Waals surface area contributed by atoms with E-state index < -0.39 is 10.0 Å². The molecule has 1 aliphatic rings. The van der Waals surface area contributed by atoms with E-state index in [9.17, 15) is 8.42 Å². The first-order valence-electron chi connectivity index (χ1n) is 7.94. The van der Waals surface area contributed by atoms with Crippen molar-refractivity contribution in [2.75, 3.05) is 25.9 Å². The van der Waals surface area contributed by atoms with Gasteiger partial charge in [-0.1, -0.05) is 20.8 Å². The highest BCUT2D eigenvalue weighted by atomic mass is 32.2. The molecule has 1 heterocycles. The van der Waals surface area contributed by atoms with Crippen molar-refractivity contribution in [3.05, 3.63) is 0 Å². The number of nitrogens with one attached hydrogen (secondary N) is 1. The Bertz CT molecular complexity index is 381.